The Kier molecular flexibility index (Phi) is 3.03. The molecule has 0 N–H and O–H groups in total. The summed E-state index contributed by atoms with van der Waals surface area (Å²) in [5.41, 5.74) is 1.39. The van der Waals surface area contributed by atoms with E-state index in [1.807, 2.05) is 0 Å². The Bertz CT molecular complexity index is 497. The van der Waals surface area contributed by atoms with Crippen LogP contribution in [0.5, 0.6) is 0 Å². The summed E-state index contributed by atoms with van der Waals surface area (Å²) in [4.78, 5) is 17.3. The van der Waals surface area contributed by atoms with Gasteiger partial charge in [0.25, 0.3) is 0 Å². The van der Waals surface area contributed by atoms with Gasteiger partial charge in [-0.25, -0.2) is 0 Å². The summed E-state index contributed by atoms with van der Waals surface area (Å²) in [5.74, 6) is 0.662. The maximum Gasteiger partial charge on any atom is 0.227 e. The molecular weight excluding hydrogens is 248 g/mol. The van der Waals surface area contributed by atoms with Crippen molar-refractivity contribution < 1.29 is 4.79 Å². The molecule has 0 aromatic heterocycles. The van der Waals surface area contributed by atoms with Crippen LogP contribution in [-0.2, 0) is 4.79 Å². The second-order valence-electron chi connectivity index (χ2n) is 6.39. The molecule has 1 aromatic rings. The average molecular weight is 270 g/mol. The molecule has 4 rings (SSSR count). The zero-order valence-corrected chi connectivity index (χ0v) is 11.9. The molecule has 0 unspecified atom stereocenters. The maximum atomic E-state index is 12.6. The number of carbonyl (C=O) groups excluding carboxylic acids is 1. The molecule has 0 radical (unpaired) electrons. The number of rotatable bonds is 2. The van der Waals surface area contributed by atoms with Crippen molar-refractivity contribution in [2.45, 2.75) is 37.8 Å². The Morgan fingerprint density at radius 3 is 2.55 bits per heavy atom. The highest BCUT2D eigenvalue weighted by Crippen LogP contribution is 2.45. The Hall–Kier alpha value is -1.35. The van der Waals surface area contributed by atoms with Crippen molar-refractivity contribution >= 4 is 5.91 Å². The molecule has 0 saturated carbocycles. The van der Waals surface area contributed by atoms with Crippen LogP contribution in [0.4, 0.5) is 0 Å². The number of carbonyl (C=O) groups is 1. The highest BCUT2D eigenvalue weighted by molar-refractivity contribution is 5.80. The van der Waals surface area contributed by atoms with E-state index in [-0.39, 0.29) is 5.92 Å². The SMILES string of the molecule is O=C([C@H]1C[C@@H](c2ccccc2)N2CCC[C@H]12)N1CCC1. The Morgan fingerprint density at radius 1 is 1.05 bits per heavy atom. The van der Waals surface area contributed by atoms with E-state index in [4.69, 9.17) is 0 Å². The van der Waals surface area contributed by atoms with E-state index < -0.39 is 0 Å². The monoisotopic (exact) mass is 270 g/mol. The summed E-state index contributed by atoms with van der Waals surface area (Å²) in [6, 6.07) is 11.7. The lowest BCUT2D eigenvalue weighted by atomic mass is 9.92. The molecule has 3 nitrogen and oxygen atoms in total. The van der Waals surface area contributed by atoms with Crippen LogP contribution in [0.15, 0.2) is 30.3 Å². The van der Waals surface area contributed by atoms with Gasteiger partial charge in [-0.05, 0) is 37.8 Å². The van der Waals surface area contributed by atoms with Crippen LogP contribution in [0.3, 0.4) is 0 Å². The van der Waals surface area contributed by atoms with Gasteiger partial charge < -0.3 is 4.90 Å². The molecule has 0 bridgehead atoms. The fourth-order valence-electron chi connectivity index (χ4n) is 4.21. The first kappa shape index (κ1) is 12.4. The number of hydrogen-bond donors (Lipinski definition) is 0. The Labute approximate surface area is 120 Å². The minimum Gasteiger partial charge on any atom is -0.342 e. The first-order valence-corrected chi connectivity index (χ1v) is 7.94. The van der Waals surface area contributed by atoms with Gasteiger partial charge in [-0.2, -0.15) is 0 Å². The zero-order valence-electron chi connectivity index (χ0n) is 11.9. The van der Waals surface area contributed by atoms with Crippen molar-refractivity contribution in [2.24, 2.45) is 5.92 Å². The van der Waals surface area contributed by atoms with E-state index in [9.17, 15) is 4.79 Å². The molecule has 3 atom stereocenters. The minimum atomic E-state index is 0.239. The van der Waals surface area contributed by atoms with Gasteiger partial charge in [-0.3, -0.25) is 9.69 Å². The minimum absolute atomic E-state index is 0.239. The molecular formula is C17H22N2O. The first-order chi connectivity index (χ1) is 9.84. The summed E-state index contributed by atoms with van der Waals surface area (Å²) < 4.78 is 0. The summed E-state index contributed by atoms with van der Waals surface area (Å²) >= 11 is 0. The molecule has 0 spiro atoms. The normalized spacial score (nSPS) is 33.0. The predicted molar refractivity (Wildman–Crippen MR) is 78.2 cm³/mol. The lowest BCUT2D eigenvalue weighted by Crippen LogP contribution is -2.47. The summed E-state index contributed by atoms with van der Waals surface area (Å²) in [6.45, 7) is 3.13. The van der Waals surface area contributed by atoms with E-state index in [1.165, 1.54) is 24.8 Å². The predicted octanol–water partition coefficient (Wildman–Crippen LogP) is 2.44. The maximum absolute atomic E-state index is 12.6. The van der Waals surface area contributed by atoms with Crippen molar-refractivity contribution in [3.05, 3.63) is 35.9 Å². The van der Waals surface area contributed by atoms with E-state index >= 15 is 0 Å². The fraction of sp³-hybridized carbons (Fsp3) is 0.588. The van der Waals surface area contributed by atoms with Gasteiger partial charge in [0.05, 0.1) is 5.92 Å². The molecule has 3 saturated heterocycles. The van der Waals surface area contributed by atoms with Crippen LogP contribution >= 0.6 is 0 Å². The van der Waals surface area contributed by atoms with Crippen molar-refractivity contribution in [3.63, 3.8) is 0 Å². The van der Waals surface area contributed by atoms with Crippen molar-refractivity contribution in [1.82, 2.24) is 9.80 Å². The highest BCUT2D eigenvalue weighted by Gasteiger charge is 2.48. The summed E-state index contributed by atoms with van der Waals surface area (Å²) in [6.07, 6.45) is 4.66. The molecule has 3 fully saturated rings. The molecule has 1 amide bonds. The molecule has 3 aliphatic heterocycles. The molecule has 0 aliphatic carbocycles. The van der Waals surface area contributed by atoms with Gasteiger partial charge in [-0.1, -0.05) is 30.3 Å². The molecule has 20 heavy (non-hydrogen) atoms. The summed E-state index contributed by atoms with van der Waals surface area (Å²) in [5, 5.41) is 0. The topological polar surface area (TPSA) is 23.6 Å². The van der Waals surface area contributed by atoms with Crippen LogP contribution in [-0.4, -0.2) is 41.4 Å². The number of benzene rings is 1. The largest absolute Gasteiger partial charge is 0.342 e. The fourth-order valence-corrected chi connectivity index (χ4v) is 4.21. The Morgan fingerprint density at radius 2 is 1.85 bits per heavy atom. The van der Waals surface area contributed by atoms with Crippen molar-refractivity contribution in [1.29, 1.82) is 0 Å². The number of likely N-dealkylation sites (tertiary alicyclic amines) is 1. The molecule has 3 heterocycles. The van der Waals surface area contributed by atoms with E-state index in [0.717, 1.165) is 26.1 Å². The molecule has 106 valence electrons. The quantitative estimate of drug-likeness (QED) is 0.824. The third-order valence-corrected chi connectivity index (χ3v) is 5.35. The zero-order chi connectivity index (χ0) is 13.5. The van der Waals surface area contributed by atoms with Crippen molar-refractivity contribution in [2.75, 3.05) is 19.6 Å². The van der Waals surface area contributed by atoms with Gasteiger partial charge in [0, 0.05) is 25.2 Å². The van der Waals surface area contributed by atoms with Crippen LogP contribution < -0.4 is 0 Å². The van der Waals surface area contributed by atoms with E-state index in [2.05, 4.69) is 40.1 Å². The van der Waals surface area contributed by atoms with Gasteiger partial charge in [0.2, 0.25) is 5.91 Å². The van der Waals surface area contributed by atoms with Gasteiger partial charge in [-0.15, -0.1) is 0 Å². The number of amides is 1. The standard InChI is InChI=1S/C17H22N2O/c20-17(18-9-5-10-18)14-12-16(13-6-2-1-3-7-13)19-11-4-8-15(14)19/h1-3,6-7,14-16H,4-5,8-12H2/t14-,15+,16-/m0/s1. The van der Waals surface area contributed by atoms with Gasteiger partial charge in [0.1, 0.15) is 0 Å². The lowest BCUT2D eigenvalue weighted by Gasteiger charge is -2.34. The Balaban J connectivity index is 1.59. The molecule has 1 aromatic carbocycles. The second kappa shape index (κ2) is 4.88. The van der Waals surface area contributed by atoms with Crippen LogP contribution in [0.25, 0.3) is 0 Å². The van der Waals surface area contributed by atoms with E-state index in [1.54, 1.807) is 0 Å². The van der Waals surface area contributed by atoms with Gasteiger partial charge >= 0.3 is 0 Å². The first-order valence-electron chi connectivity index (χ1n) is 7.94. The third-order valence-electron chi connectivity index (χ3n) is 5.35. The summed E-state index contributed by atoms with van der Waals surface area (Å²) in [7, 11) is 0. The molecule has 3 heteroatoms. The second-order valence-corrected chi connectivity index (χ2v) is 6.39. The lowest BCUT2D eigenvalue weighted by molar-refractivity contribution is -0.139. The van der Waals surface area contributed by atoms with E-state index in [0.29, 0.717) is 18.0 Å². The average Bonchev–Trinajstić information content (AvgIpc) is 2.98. The van der Waals surface area contributed by atoms with Gasteiger partial charge in [0.15, 0.2) is 0 Å². The number of hydrogen-bond acceptors (Lipinski definition) is 2. The third kappa shape index (κ3) is 1.87. The number of fused-ring (bicyclic) bond motifs is 1. The smallest absolute Gasteiger partial charge is 0.227 e. The molecule has 3 aliphatic rings. The van der Waals surface area contributed by atoms with Crippen LogP contribution in [0, 0.1) is 5.92 Å². The van der Waals surface area contributed by atoms with Crippen molar-refractivity contribution in [3.8, 4) is 0 Å². The van der Waals surface area contributed by atoms with Crippen LogP contribution in [0.2, 0.25) is 0 Å². The van der Waals surface area contributed by atoms with Crippen LogP contribution in [0.1, 0.15) is 37.3 Å². The number of nitrogens with zero attached hydrogens (tertiary/aromatic N) is 2. The highest BCUT2D eigenvalue weighted by atomic mass is 16.2.